The van der Waals surface area contributed by atoms with Gasteiger partial charge < -0.3 is 10.6 Å². The molecule has 1 aromatic heterocycles. The normalized spacial score (nSPS) is 14.0. The monoisotopic (exact) mass is 282 g/mol. The van der Waals surface area contributed by atoms with Crippen LogP contribution in [0.4, 0.5) is 11.6 Å². The third-order valence-corrected chi connectivity index (χ3v) is 3.81. The summed E-state index contributed by atoms with van der Waals surface area (Å²) in [5, 5.41) is 6.53. The van der Waals surface area contributed by atoms with Gasteiger partial charge in [0, 0.05) is 25.2 Å². The number of nitrogens with zero attached hydrogens (tertiary/aromatic N) is 2. The van der Waals surface area contributed by atoms with Crippen LogP contribution in [0, 0.1) is 5.92 Å². The molecule has 21 heavy (non-hydrogen) atoms. The molecule has 4 heteroatoms. The lowest BCUT2D eigenvalue weighted by molar-refractivity contribution is 0.686. The maximum atomic E-state index is 4.62. The number of nitrogens with one attached hydrogen (secondary N) is 2. The third kappa shape index (κ3) is 3.94. The lowest BCUT2D eigenvalue weighted by Crippen LogP contribution is -2.06. The first kappa shape index (κ1) is 13.9. The van der Waals surface area contributed by atoms with Crippen molar-refractivity contribution in [3.63, 3.8) is 0 Å². The lowest BCUT2D eigenvalue weighted by atomic mass is 10.2. The standard InChI is InChI=1S/C17H22N4/c1-18-15-12-16(19-11-5-6-13-9-10-13)21-17(20-15)14-7-3-2-4-8-14/h2-4,7-8,12-13H,5-6,9-11H2,1H3,(H2,18,19,20,21). The Morgan fingerprint density at radius 2 is 1.86 bits per heavy atom. The van der Waals surface area contributed by atoms with Crippen LogP contribution in [0.3, 0.4) is 0 Å². The fraction of sp³-hybridized carbons (Fsp3) is 0.412. The van der Waals surface area contributed by atoms with Gasteiger partial charge in [0.25, 0.3) is 0 Å². The Balaban J connectivity index is 1.70. The molecule has 110 valence electrons. The fourth-order valence-corrected chi connectivity index (χ4v) is 2.40. The van der Waals surface area contributed by atoms with E-state index >= 15 is 0 Å². The molecule has 1 saturated carbocycles. The number of anilines is 2. The highest BCUT2D eigenvalue weighted by molar-refractivity contribution is 5.61. The molecule has 2 N–H and O–H groups in total. The number of aromatic nitrogens is 2. The van der Waals surface area contributed by atoms with E-state index in [0.717, 1.165) is 35.5 Å². The fourth-order valence-electron chi connectivity index (χ4n) is 2.40. The van der Waals surface area contributed by atoms with Gasteiger partial charge in [0.15, 0.2) is 5.82 Å². The summed E-state index contributed by atoms with van der Waals surface area (Å²) in [5.74, 6) is 3.48. The minimum absolute atomic E-state index is 0.757. The molecule has 0 radical (unpaired) electrons. The second-order valence-electron chi connectivity index (χ2n) is 5.59. The second-order valence-corrected chi connectivity index (χ2v) is 5.59. The molecular formula is C17H22N4. The average Bonchev–Trinajstić information content (AvgIpc) is 3.36. The Labute approximate surface area is 126 Å². The highest BCUT2D eigenvalue weighted by Gasteiger charge is 2.19. The van der Waals surface area contributed by atoms with Crippen LogP contribution in [0.5, 0.6) is 0 Å². The summed E-state index contributed by atoms with van der Waals surface area (Å²) < 4.78 is 0. The molecule has 0 amide bonds. The molecular weight excluding hydrogens is 260 g/mol. The summed E-state index contributed by atoms with van der Waals surface area (Å²) in [6, 6.07) is 12.0. The van der Waals surface area contributed by atoms with E-state index in [1.54, 1.807) is 0 Å². The van der Waals surface area contributed by atoms with E-state index in [-0.39, 0.29) is 0 Å². The lowest BCUT2D eigenvalue weighted by Gasteiger charge is -2.10. The van der Waals surface area contributed by atoms with Gasteiger partial charge in [0.05, 0.1) is 0 Å². The zero-order valence-corrected chi connectivity index (χ0v) is 12.5. The van der Waals surface area contributed by atoms with Gasteiger partial charge in [-0.1, -0.05) is 43.2 Å². The molecule has 0 bridgehead atoms. The first-order chi connectivity index (χ1) is 10.3. The average molecular weight is 282 g/mol. The van der Waals surface area contributed by atoms with E-state index in [1.165, 1.54) is 25.7 Å². The number of hydrogen-bond acceptors (Lipinski definition) is 4. The van der Waals surface area contributed by atoms with Gasteiger partial charge in [0.1, 0.15) is 11.6 Å². The smallest absolute Gasteiger partial charge is 0.163 e. The van der Waals surface area contributed by atoms with Crippen molar-refractivity contribution in [2.45, 2.75) is 25.7 Å². The minimum atomic E-state index is 0.757. The molecule has 1 aliphatic rings. The summed E-state index contributed by atoms with van der Waals surface area (Å²) >= 11 is 0. The summed E-state index contributed by atoms with van der Waals surface area (Å²) in [4.78, 5) is 9.15. The first-order valence-corrected chi connectivity index (χ1v) is 7.71. The molecule has 1 aromatic carbocycles. The Morgan fingerprint density at radius 3 is 2.57 bits per heavy atom. The van der Waals surface area contributed by atoms with Crippen molar-refractivity contribution in [2.24, 2.45) is 5.92 Å². The van der Waals surface area contributed by atoms with Gasteiger partial charge in [-0.3, -0.25) is 0 Å². The molecule has 1 heterocycles. The summed E-state index contributed by atoms with van der Waals surface area (Å²) in [5.41, 5.74) is 1.04. The predicted molar refractivity (Wildman–Crippen MR) is 87.5 cm³/mol. The Bertz CT molecular complexity index is 579. The zero-order valence-electron chi connectivity index (χ0n) is 12.5. The van der Waals surface area contributed by atoms with Crippen molar-refractivity contribution in [3.8, 4) is 11.4 Å². The quantitative estimate of drug-likeness (QED) is 0.759. The van der Waals surface area contributed by atoms with Gasteiger partial charge in [-0.05, 0) is 18.8 Å². The van der Waals surface area contributed by atoms with Crippen LogP contribution in [0.15, 0.2) is 36.4 Å². The second kappa shape index (κ2) is 6.57. The van der Waals surface area contributed by atoms with Crippen molar-refractivity contribution in [1.29, 1.82) is 0 Å². The van der Waals surface area contributed by atoms with E-state index in [4.69, 9.17) is 0 Å². The molecule has 0 spiro atoms. The first-order valence-electron chi connectivity index (χ1n) is 7.71. The van der Waals surface area contributed by atoms with Crippen molar-refractivity contribution >= 4 is 11.6 Å². The highest BCUT2D eigenvalue weighted by Crippen LogP contribution is 2.33. The largest absolute Gasteiger partial charge is 0.373 e. The molecule has 4 nitrogen and oxygen atoms in total. The number of benzene rings is 1. The Kier molecular flexibility index (Phi) is 4.34. The molecule has 2 aromatic rings. The maximum Gasteiger partial charge on any atom is 0.163 e. The van der Waals surface area contributed by atoms with Gasteiger partial charge >= 0.3 is 0 Å². The minimum Gasteiger partial charge on any atom is -0.373 e. The van der Waals surface area contributed by atoms with Crippen molar-refractivity contribution in [2.75, 3.05) is 24.2 Å². The van der Waals surface area contributed by atoms with E-state index in [0.29, 0.717) is 0 Å². The zero-order chi connectivity index (χ0) is 14.5. The predicted octanol–water partition coefficient (Wildman–Crippen LogP) is 3.79. The van der Waals surface area contributed by atoms with Crippen LogP contribution in [-0.2, 0) is 0 Å². The van der Waals surface area contributed by atoms with Crippen molar-refractivity contribution in [3.05, 3.63) is 36.4 Å². The molecule has 0 unspecified atom stereocenters. The Hall–Kier alpha value is -2.10. The highest BCUT2D eigenvalue weighted by atomic mass is 15.1. The molecule has 0 saturated heterocycles. The Morgan fingerprint density at radius 1 is 1.10 bits per heavy atom. The number of hydrogen-bond donors (Lipinski definition) is 2. The van der Waals surface area contributed by atoms with Crippen LogP contribution in [0.25, 0.3) is 11.4 Å². The van der Waals surface area contributed by atoms with E-state index in [9.17, 15) is 0 Å². The summed E-state index contributed by atoms with van der Waals surface area (Å²) in [6.07, 6.45) is 5.40. The van der Waals surface area contributed by atoms with E-state index in [1.807, 2.05) is 43.4 Å². The van der Waals surface area contributed by atoms with E-state index < -0.39 is 0 Å². The van der Waals surface area contributed by atoms with Crippen LogP contribution >= 0.6 is 0 Å². The topological polar surface area (TPSA) is 49.8 Å². The van der Waals surface area contributed by atoms with Crippen LogP contribution in [0.1, 0.15) is 25.7 Å². The molecule has 1 fully saturated rings. The van der Waals surface area contributed by atoms with Gasteiger partial charge in [0.2, 0.25) is 0 Å². The van der Waals surface area contributed by atoms with Crippen LogP contribution in [-0.4, -0.2) is 23.6 Å². The maximum absolute atomic E-state index is 4.62. The molecule has 1 aliphatic carbocycles. The van der Waals surface area contributed by atoms with Crippen molar-refractivity contribution < 1.29 is 0 Å². The van der Waals surface area contributed by atoms with Crippen LogP contribution in [0.2, 0.25) is 0 Å². The van der Waals surface area contributed by atoms with Crippen LogP contribution < -0.4 is 10.6 Å². The van der Waals surface area contributed by atoms with Crippen molar-refractivity contribution in [1.82, 2.24) is 9.97 Å². The van der Waals surface area contributed by atoms with Gasteiger partial charge in [-0.25, -0.2) is 9.97 Å². The van der Waals surface area contributed by atoms with Gasteiger partial charge in [-0.15, -0.1) is 0 Å². The number of rotatable bonds is 7. The third-order valence-electron chi connectivity index (χ3n) is 3.81. The molecule has 0 aliphatic heterocycles. The van der Waals surface area contributed by atoms with Gasteiger partial charge in [-0.2, -0.15) is 0 Å². The molecule has 3 rings (SSSR count). The summed E-state index contributed by atoms with van der Waals surface area (Å²) in [6.45, 7) is 0.977. The molecule has 0 atom stereocenters. The summed E-state index contributed by atoms with van der Waals surface area (Å²) in [7, 11) is 1.88. The van der Waals surface area contributed by atoms with E-state index in [2.05, 4.69) is 20.6 Å². The SMILES string of the molecule is CNc1cc(NCCCC2CC2)nc(-c2ccccc2)n1.